The highest BCUT2D eigenvalue weighted by molar-refractivity contribution is 5.76. The Morgan fingerprint density at radius 3 is 2.40 bits per heavy atom. The van der Waals surface area contributed by atoms with E-state index in [2.05, 4.69) is 64.4 Å². The zero-order chi connectivity index (χ0) is 20.9. The van der Waals surface area contributed by atoms with Gasteiger partial charge in [0.25, 0.3) is 0 Å². The van der Waals surface area contributed by atoms with Gasteiger partial charge in [-0.3, -0.25) is 9.48 Å². The number of hydrogen-bond donors (Lipinski definition) is 1. The number of rotatable bonds is 5. The third kappa shape index (κ3) is 3.17. The van der Waals surface area contributed by atoms with E-state index in [0.29, 0.717) is 12.5 Å². The predicted octanol–water partition coefficient (Wildman–Crippen LogP) is 1.75. The van der Waals surface area contributed by atoms with Crippen molar-refractivity contribution in [2.24, 2.45) is 5.92 Å². The van der Waals surface area contributed by atoms with E-state index in [1.807, 2.05) is 11.6 Å². The number of hydrogen-bond acceptors (Lipinski definition) is 4. The van der Waals surface area contributed by atoms with E-state index in [1.165, 1.54) is 11.1 Å². The molecule has 1 aromatic heterocycles. The fourth-order valence-corrected chi connectivity index (χ4v) is 6.32. The number of aryl methyl sites for hydroxylation is 1. The van der Waals surface area contributed by atoms with Crippen molar-refractivity contribution in [3.8, 4) is 0 Å². The highest BCUT2D eigenvalue weighted by atomic mass is 16.2. The number of fused-ring (bicyclic) bond motifs is 1. The van der Waals surface area contributed by atoms with E-state index in [-0.39, 0.29) is 17.4 Å². The van der Waals surface area contributed by atoms with Crippen LogP contribution in [0.5, 0.6) is 0 Å². The second kappa shape index (κ2) is 7.50. The molecule has 0 aliphatic carbocycles. The van der Waals surface area contributed by atoms with E-state index in [9.17, 15) is 4.79 Å². The van der Waals surface area contributed by atoms with Crippen molar-refractivity contribution < 1.29 is 4.79 Å². The standard InChI is InChI=1S/C24H33N5O/c1-4-21-17(2)26-29(18(21)3)14-22(30)25-23-19-12-27-10-11-28(13-19)16-24(23,15-27)20-8-6-5-7-9-20/h5-9,19,23H,4,10-16H2,1-3H3,(H,25,30)/t19?,23-,24?/m0/s1. The molecule has 30 heavy (non-hydrogen) atoms. The van der Waals surface area contributed by atoms with E-state index in [4.69, 9.17) is 0 Å². The first kappa shape index (κ1) is 19.8. The molecule has 1 aromatic carbocycles. The smallest absolute Gasteiger partial charge is 0.242 e. The topological polar surface area (TPSA) is 53.4 Å². The minimum absolute atomic E-state index is 0.0434. The van der Waals surface area contributed by atoms with Gasteiger partial charge in [-0.05, 0) is 31.4 Å². The quantitative estimate of drug-likeness (QED) is 0.821. The number of amides is 1. The first-order chi connectivity index (χ1) is 14.5. The van der Waals surface area contributed by atoms with Crippen molar-refractivity contribution >= 4 is 5.91 Å². The molecule has 4 aliphatic rings. The second-order valence-corrected chi connectivity index (χ2v) is 9.46. The molecular formula is C24H33N5O. The van der Waals surface area contributed by atoms with Crippen LogP contribution in [0.1, 0.15) is 29.4 Å². The Morgan fingerprint density at radius 1 is 1.13 bits per heavy atom. The number of carbonyl (C=O) groups excluding carboxylic acids is 1. The lowest BCUT2D eigenvalue weighted by molar-refractivity contribution is -0.125. The third-order valence-electron chi connectivity index (χ3n) is 7.64. The SMILES string of the molecule is CCc1c(C)nn(CC(=O)N[C@H]2C3CN4CCN(C3)CC2(c2ccccc2)C4)c1C. The Kier molecular flexibility index (Phi) is 4.94. The zero-order valence-corrected chi connectivity index (χ0v) is 18.4. The van der Waals surface area contributed by atoms with Crippen LogP contribution in [-0.4, -0.2) is 70.8 Å². The molecule has 0 saturated carbocycles. The molecule has 3 atom stereocenters. The molecule has 2 aromatic rings. The summed E-state index contributed by atoms with van der Waals surface area (Å²) in [7, 11) is 0. The van der Waals surface area contributed by atoms with Crippen LogP contribution in [0.3, 0.4) is 0 Å². The van der Waals surface area contributed by atoms with Gasteiger partial charge in [-0.1, -0.05) is 37.3 Å². The summed E-state index contributed by atoms with van der Waals surface area (Å²) >= 11 is 0. The van der Waals surface area contributed by atoms with Crippen LogP contribution in [0.15, 0.2) is 30.3 Å². The molecule has 4 saturated heterocycles. The molecule has 0 radical (unpaired) electrons. The molecule has 6 heteroatoms. The molecule has 2 unspecified atom stereocenters. The Balaban J connectivity index is 1.43. The Hall–Kier alpha value is -2.18. The number of nitrogens with zero attached hydrogens (tertiary/aromatic N) is 4. The fourth-order valence-electron chi connectivity index (χ4n) is 6.32. The summed E-state index contributed by atoms with van der Waals surface area (Å²) in [4.78, 5) is 18.5. The Bertz CT molecular complexity index is 921. The first-order valence-corrected chi connectivity index (χ1v) is 11.3. The lowest BCUT2D eigenvalue weighted by Crippen LogP contribution is -2.70. The molecule has 4 fully saturated rings. The lowest BCUT2D eigenvalue weighted by Gasteiger charge is -2.55. The van der Waals surface area contributed by atoms with Crippen molar-refractivity contribution in [3.05, 3.63) is 52.8 Å². The van der Waals surface area contributed by atoms with Crippen molar-refractivity contribution in [1.29, 1.82) is 0 Å². The number of nitrogens with one attached hydrogen (secondary N) is 1. The Morgan fingerprint density at radius 2 is 1.80 bits per heavy atom. The van der Waals surface area contributed by atoms with Gasteiger partial charge in [0, 0.05) is 62.3 Å². The van der Waals surface area contributed by atoms with Gasteiger partial charge in [-0.15, -0.1) is 0 Å². The molecule has 5 heterocycles. The minimum Gasteiger partial charge on any atom is -0.350 e. The van der Waals surface area contributed by atoms with Crippen LogP contribution >= 0.6 is 0 Å². The maximum absolute atomic E-state index is 13.2. The van der Waals surface area contributed by atoms with Gasteiger partial charge < -0.3 is 15.1 Å². The number of piperidine rings is 2. The van der Waals surface area contributed by atoms with Crippen molar-refractivity contribution in [1.82, 2.24) is 24.9 Å². The van der Waals surface area contributed by atoms with E-state index >= 15 is 0 Å². The zero-order valence-electron chi connectivity index (χ0n) is 18.4. The van der Waals surface area contributed by atoms with Crippen LogP contribution < -0.4 is 5.32 Å². The lowest BCUT2D eigenvalue weighted by atomic mass is 9.64. The second-order valence-electron chi connectivity index (χ2n) is 9.46. The third-order valence-corrected chi connectivity index (χ3v) is 7.64. The average molecular weight is 408 g/mol. The van der Waals surface area contributed by atoms with Crippen molar-refractivity contribution in [3.63, 3.8) is 0 Å². The molecule has 6 nitrogen and oxygen atoms in total. The predicted molar refractivity (Wildman–Crippen MR) is 117 cm³/mol. The summed E-state index contributed by atoms with van der Waals surface area (Å²) in [5.41, 5.74) is 4.72. The van der Waals surface area contributed by atoms with Gasteiger partial charge in [-0.25, -0.2) is 0 Å². The molecule has 160 valence electrons. The van der Waals surface area contributed by atoms with Crippen LogP contribution in [0.25, 0.3) is 0 Å². The highest BCUT2D eigenvalue weighted by Crippen LogP contribution is 2.43. The van der Waals surface area contributed by atoms with E-state index < -0.39 is 0 Å². The minimum atomic E-state index is -0.0434. The molecule has 4 bridgehead atoms. The number of aromatic nitrogens is 2. The first-order valence-electron chi connectivity index (χ1n) is 11.3. The molecule has 1 N–H and O–H groups in total. The van der Waals surface area contributed by atoms with Crippen LogP contribution in [0.2, 0.25) is 0 Å². The van der Waals surface area contributed by atoms with Gasteiger partial charge in [0.2, 0.25) is 5.91 Å². The maximum Gasteiger partial charge on any atom is 0.242 e. The summed E-state index contributed by atoms with van der Waals surface area (Å²) in [6.07, 6.45) is 0.951. The van der Waals surface area contributed by atoms with Crippen molar-refractivity contribution in [2.75, 3.05) is 39.3 Å². The monoisotopic (exact) mass is 407 g/mol. The van der Waals surface area contributed by atoms with Crippen LogP contribution in [0, 0.1) is 19.8 Å². The average Bonchev–Trinajstić information content (AvgIpc) is 2.86. The molecule has 4 aliphatic heterocycles. The van der Waals surface area contributed by atoms with E-state index in [0.717, 1.165) is 57.1 Å². The maximum atomic E-state index is 13.2. The van der Waals surface area contributed by atoms with Crippen molar-refractivity contribution in [2.45, 2.75) is 45.2 Å². The summed E-state index contributed by atoms with van der Waals surface area (Å²) in [6.45, 7) is 13.0. The van der Waals surface area contributed by atoms with E-state index in [1.54, 1.807) is 0 Å². The van der Waals surface area contributed by atoms with Gasteiger partial charge in [0.05, 0.1) is 5.69 Å². The van der Waals surface area contributed by atoms with Gasteiger partial charge >= 0.3 is 0 Å². The highest BCUT2D eigenvalue weighted by Gasteiger charge is 2.55. The summed E-state index contributed by atoms with van der Waals surface area (Å²) in [6, 6.07) is 11.0. The van der Waals surface area contributed by atoms with Gasteiger partial charge in [0.15, 0.2) is 0 Å². The molecular weight excluding hydrogens is 374 g/mol. The largest absolute Gasteiger partial charge is 0.350 e. The summed E-state index contributed by atoms with van der Waals surface area (Å²) < 4.78 is 1.88. The van der Waals surface area contributed by atoms with Crippen LogP contribution in [-0.2, 0) is 23.2 Å². The fraction of sp³-hybridized carbons (Fsp3) is 0.583. The number of carbonyl (C=O) groups is 1. The van der Waals surface area contributed by atoms with Crippen LogP contribution in [0.4, 0.5) is 0 Å². The van der Waals surface area contributed by atoms with Gasteiger partial charge in [-0.2, -0.15) is 5.10 Å². The molecule has 6 rings (SSSR count). The summed E-state index contributed by atoms with van der Waals surface area (Å²) in [5, 5.41) is 8.13. The van der Waals surface area contributed by atoms with Gasteiger partial charge in [0.1, 0.15) is 6.54 Å². The summed E-state index contributed by atoms with van der Waals surface area (Å²) in [5.74, 6) is 0.547. The molecule has 0 spiro atoms. The normalized spacial score (nSPS) is 32.2. The Labute approximate surface area is 179 Å². The number of benzene rings is 1. The molecule has 1 amide bonds.